The normalized spacial score (nSPS) is 26.2. The van der Waals surface area contributed by atoms with Crippen molar-refractivity contribution in [1.29, 1.82) is 5.26 Å². The number of esters is 1. The zero-order valence-corrected chi connectivity index (χ0v) is 11.6. The van der Waals surface area contributed by atoms with E-state index in [9.17, 15) is 10.1 Å². The molecule has 1 rings (SSSR count). The molecule has 4 heteroatoms. The largest absolute Gasteiger partial charge is 0.468 e. The van der Waals surface area contributed by atoms with Crippen LogP contribution in [0.4, 0.5) is 0 Å². The maximum Gasteiger partial charge on any atom is 0.323 e. The Hall–Kier alpha value is -1.08. The van der Waals surface area contributed by atoms with Crippen molar-refractivity contribution < 1.29 is 9.53 Å². The number of nitrogens with one attached hydrogen (secondary N) is 1. The summed E-state index contributed by atoms with van der Waals surface area (Å²) in [6.45, 7) is 3.99. The Balaban J connectivity index is 2.71. The first-order valence-electron chi connectivity index (χ1n) is 6.83. The molecule has 1 aliphatic carbocycles. The molecule has 1 N–H and O–H groups in total. The van der Waals surface area contributed by atoms with Gasteiger partial charge in [0, 0.05) is 6.04 Å². The van der Waals surface area contributed by atoms with Gasteiger partial charge < -0.3 is 10.1 Å². The van der Waals surface area contributed by atoms with E-state index in [1.54, 1.807) is 0 Å². The lowest BCUT2D eigenvalue weighted by Gasteiger charge is -2.28. The Bertz CT molecular complexity index is 309. The van der Waals surface area contributed by atoms with Crippen LogP contribution < -0.4 is 5.32 Å². The van der Waals surface area contributed by atoms with Crippen molar-refractivity contribution in [1.82, 2.24) is 5.32 Å². The lowest BCUT2D eigenvalue weighted by Crippen LogP contribution is -2.49. The van der Waals surface area contributed by atoms with Gasteiger partial charge in [-0.25, -0.2) is 0 Å². The van der Waals surface area contributed by atoms with E-state index in [0.29, 0.717) is 0 Å². The average molecular weight is 252 g/mol. The van der Waals surface area contributed by atoms with Gasteiger partial charge >= 0.3 is 5.97 Å². The van der Waals surface area contributed by atoms with E-state index in [0.717, 1.165) is 25.7 Å². The summed E-state index contributed by atoms with van der Waals surface area (Å²) in [5, 5.41) is 12.6. The monoisotopic (exact) mass is 252 g/mol. The lowest BCUT2D eigenvalue weighted by atomic mass is 9.93. The molecule has 18 heavy (non-hydrogen) atoms. The van der Waals surface area contributed by atoms with Crippen LogP contribution >= 0.6 is 0 Å². The van der Waals surface area contributed by atoms with Gasteiger partial charge in [0.2, 0.25) is 0 Å². The van der Waals surface area contributed by atoms with E-state index in [2.05, 4.69) is 11.4 Å². The average Bonchev–Trinajstić information content (AvgIpc) is 2.59. The maximum absolute atomic E-state index is 11.7. The summed E-state index contributed by atoms with van der Waals surface area (Å²) in [6, 6.07) is 2.18. The molecular weight excluding hydrogens is 228 g/mol. The van der Waals surface area contributed by atoms with Crippen LogP contribution in [0.15, 0.2) is 0 Å². The molecule has 0 radical (unpaired) electrons. The Morgan fingerprint density at radius 2 is 2.00 bits per heavy atom. The highest BCUT2D eigenvalue weighted by Gasteiger charge is 2.30. The van der Waals surface area contributed by atoms with Gasteiger partial charge in [-0.05, 0) is 18.8 Å². The number of ether oxygens (including phenoxy) is 1. The number of nitriles is 1. The van der Waals surface area contributed by atoms with Crippen molar-refractivity contribution in [2.75, 3.05) is 7.11 Å². The Morgan fingerprint density at radius 3 is 2.56 bits per heavy atom. The smallest absolute Gasteiger partial charge is 0.323 e. The Kier molecular flexibility index (Phi) is 6.14. The van der Waals surface area contributed by atoms with Gasteiger partial charge in [0.15, 0.2) is 0 Å². The van der Waals surface area contributed by atoms with Gasteiger partial charge in [-0.15, -0.1) is 0 Å². The Morgan fingerprint density at radius 1 is 1.33 bits per heavy atom. The standard InChI is InChI=1S/C14H24N2O2/c1-10(2)13(14(17)18-3)16-12-8-6-4-5-7-11(12)9-15/h10-13,16H,4-8H2,1-3H3. The van der Waals surface area contributed by atoms with Crippen LogP contribution in [0, 0.1) is 23.2 Å². The summed E-state index contributed by atoms with van der Waals surface area (Å²) >= 11 is 0. The van der Waals surface area contributed by atoms with Crippen molar-refractivity contribution in [3.63, 3.8) is 0 Å². The van der Waals surface area contributed by atoms with Crippen LogP contribution in [0.1, 0.15) is 46.0 Å². The van der Waals surface area contributed by atoms with Crippen molar-refractivity contribution >= 4 is 5.97 Å². The first-order valence-corrected chi connectivity index (χ1v) is 6.83. The van der Waals surface area contributed by atoms with Crippen LogP contribution in [-0.2, 0) is 9.53 Å². The molecule has 0 aromatic rings. The van der Waals surface area contributed by atoms with E-state index in [4.69, 9.17) is 4.74 Å². The minimum absolute atomic E-state index is 0.0124. The lowest BCUT2D eigenvalue weighted by molar-refractivity contribution is -0.144. The second-order valence-electron chi connectivity index (χ2n) is 5.39. The van der Waals surface area contributed by atoms with Gasteiger partial charge in [-0.3, -0.25) is 4.79 Å². The molecule has 1 fully saturated rings. The fourth-order valence-electron chi connectivity index (χ4n) is 2.55. The summed E-state index contributed by atoms with van der Waals surface area (Å²) in [6.07, 6.45) is 5.32. The highest BCUT2D eigenvalue weighted by Crippen LogP contribution is 2.24. The third kappa shape index (κ3) is 3.99. The summed E-state index contributed by atoms with van der Waals surface area (Å²) in [5.74, 6) is -0.0515. The van der Waals surface area contributed by atoms with Gasteiger partial charge in [-0.1, -0.05) is 33.1 Å². The highest BCUT2D eigenvalue weighted by atomic mass is 16.5. The number of carbonyl (C=O) groups excluding carboxylic acids is 1. The number of rotatable bonds is 4. The summed E-state index contributed by atoms with van der Waals surface area (Å²) < 4.78 is 4.83. The third-order valence-electron chi connectivity index (χ3n) is 3.70. The summed E-state index contributed by atoms with van der Waals surface area (Å²) in [7, 11) is 1.41. The van der Waals surface area contributed by atoms with Crippen LogP contribution in [0.2, 0.25) is 0 Å². The first-order chi connectivity index (χ1) is 8.60. The molecule has 1 aliphatic rings. The van der Waals surface area contributed by atoms with Gasteiger partial charge in [-0.2, -0.15) is 5.26 Å². The highest BCUT2D eigenvalue weighted by molar-refractivity contribution is 5.76. The van der Waals surface area contributed by atoms with Gasteiger partial charge in [0.05, 0.1) is 19.1 Å². The molecule has 102 valence electrons. The van der Waals surface area contributed by atoms with Crippen LogP contribution in [0.3, 0.4) is 0 Å². The van der Waals surface area contributed by atoms with E-state index in [-0.39, 0.29) is 29.9 Å². The summed E-state index contributed by atoms with van der Waals surface area (Å²) in [5.41, 5.74) is 0. The van der Waals surface area contributed by atoms with E-state index in [1.165, 1.54) is 13.5 Å². The van der Waals surface area contributed by atoms with E-state index in [1.807, 2.05) is 13.8 Å². The third-order valence-corrected chi connectivity index (χ3v) is 3.70. The molecular formula is C14H24N2O2. The molecule has 4 nitrogen and oxygen atoms in total. The second-order valence-corrected chi connectivity index (χ2v) is 5.39. The quantitative estimate of drug-likeness (QED) is 0.615. The molecule has 0 aromatic heterocycles. The fraction of sp³-hybridized carbons (Fsp3) is 0.857. The van der Waals surface area contributed by atoms with Crippen LogP contribution in [-0.4, -0.2) is 25.2 Å². The molecule has 0 spiro atoms. The number of hydrogen-bond donors (Lipinski definition) is 1. The zero-order chi connectivity index (χ0) is 13.5. The zero-order valence-electron chi connectivity index (χ0n) is 11.6. The number of methoxy groups -OCH3 is 1. The predicted octanol–water partition coefficient (Wildman–Crippen LogP) is 2.25. The molecule has 3 unspecified atom stereocenters. The molecule has 0 aromatic carbocycles. The van der Waals surface area contributed by atoms with E-state index < -0.39 is 0 Å². The first kappa shape index (κ1) is 15.0. The van der Waals surface area contributed by atoms with Crippen molar-refractivity contribution in [2.45, 2.75) is 58.0 Å². The SMILES string of the molecule is COC(=O)C(NC1CCCCCC1C#N)C(C)C. The number of carbonyl (C=O) groups is 1. The molecule has 0 bridgehead atoms. The van der Waals surface area contributed by atoms with Crippen LogP contribution in [0.5, 0.6) is 0 Å². The number of nitrogens with zero attached hydrogens (tertiary/aromatic N) is 1. The van der Waals surface area contributed by atoms with Crippen molar-refractivity contribution in [3.8, 4) is 6.07 Å². The Labute approximate surface area is 110 Å². The summed E-state index contributed by atoms with van der Waals surface area (Å²) in [4.78, 5) is 11.7. The molecule has 0 heterocycles. The molecule has 3 atom stereocenters. The van der Waals surface area contributed by atoms with E-state index >= 15 is 0 Å². The van der Waals surface area contributed by atoms with Crippen molar-refractivity contribution in [2.24, 2.45) is 11.8 Å². The van der Waals surface area contributed by atoms with Gasteiger partial charge in [0.1, 0.15) is 6.04 Å². The number of hydrogen-bond acceptors (Lipinski definition) is 4. The topological polar surface area (TPSA) is 62.1 Å². The van der Waals surface area contributed by atoms with Crippen LogP contribution in [0.25, 0.3) is 0 Å². The second kappa shape index (κ2) is 7.38. The molecule has 0 amide bonds. The van der Waals surface area contributed by atoms with Crippen molar-refractivity contribution in [3.05, 3.63) is 0 Å². The molecule has 0 saturated heterocycles. The molecule has 1 saturated carbocycles. The minimum atomic E-state index is -0.311. The minimum Gasteiger partial charge on any atom is -0.468 e. The van der Waals surface area contributed by atoms with Gasteiger partial charge in [0.25, 0.3) is 0 Å². The maximum atomic E-state index is 11.7. The predicted molar refractivity (Wildman–Crippen MR) is 69.8 cm³/mol. The fourth-order valence-corrected chi connectivity index (χ4v) is 2.55. The molecule has 0 aliphatic heterocycles.